The van der Waals surface area contributed by atoms with E-state index < -0.39 is 0 Å². The first-order valence-corrected chi connectivity index (χ1v) is 5.42. The summed E-state index contributed by atoms with van der Waals surface area (Å²) in [7, 11) is 0. The molecule has 0 spiro atoms. The van der Waals surface area contributed by atoms with Gasteiger partial charge in [0.15, 0.2) is 0 Å². The molecule has 0 bridgehead atoms. The van der Waals surface area contributed by atoms with Crippen LogP contribution in [0.25, 0.3) is 11.3 Å². The number of hydrogen-bond donors (Lipinski definition) is 1. The van der Waals surface area contributed by atoms with Crippen molar-refractivity contribution in [3.63, 3.8) is 0 Å². The van der Waals surface area contributed by atoms with Gasteiger partial charge in [-0.15, -0.1) is 0 Å². The molecule has 0 atom stereocenters. The molecule has 2 heterocycles. The van der Waals surface area contributed by atoms with Crippen LogP contribution in [0.2, 0.25) is 0 Å². The maximum absolute atomic E-state index is 9.17. The van der Waals surface area contributed by atoms with Crippen LogP contribution in [0.1, 0.15) is 13.8 Å². The van der Waals surface area contributed by atoms with E-state index in [1.54, 1.807) is 24.5 Å². The SMILES string of the molecule is CC(C)Oc1cncc(-c2ccc(O)cn2)c1. The lowest BCUT2D eigenvalue weighted by Crippen LogP contribution is -2.05. The van der Waals surface area contributed by atoms with Crippen LogP contribution in [0.15, 0.2) is 36.8 Å². The fraction of sp³-hybridized carbons (Fsp3) is 0.231. The minimum Gasteiger partial charge on any atom is -0.506 e. The van der Waals surface area contributed by atoms with Gasteiger partial charge in [-0.25, -0.2) is 0 Å². The van der Waals surface area contributed by atoms with Crippen molar-refractivity contribution >= 4 is 0 Å². The number of rotatable bonds is 3. The maximum Gasteiger partial charge on any atom is 0.138 e. The van der Waals surface area contributed by atoms with Gasteiger partial charge in [-0.2, -0.15) is 0 Å². The van der Waals surface area contributed by atoms with E-state index in [1.165, 1.54) is 6.20 Å². The Labute approximate surface area is 99.9 Å². The molecule has 0 unspecified atom stereocenters. The zero-order chi connectivity index (χ0) is 12.3. The topological polar surface area (TPSA) is 55.2 Å². The van der Waals surface area contributed by atoms with Gasteiger partial charge in [-0.1, -0.05) is 0 Å². The molecule has 0 saturated heterocycles. The Hall–Kier alpha value is -2.10. The van der Waals surface area contributed by atoms with Crippen molar-refractivity contribution in [2.24, 2.45) is 0 Å². The van der Waals surface area contributed by atoms with Crippen molar-refractivity contribution in [3.05, 3.63) is 36.8 Å². The molecule has 88 valence electrons. The second kappa shape index (κ2) is 4.82. The summed E-state index contributed by atoms with van der Waals surface area (Å²) in [6.07, 6.45) is 4.90. The average Bonchev–Trinajstić information content (AvgIpc) is 2.29. The summed E-state index contributed by atoms with van der Waals surface area (Å²) in [6, 6.07) is 5.22. The molecule has 0 saturated carbocycles. The van der Waals surface area contributed by atoms with Crippen molar-refractivity contribution in [1.29, 1.82) is 0 Å². The van der Waals surface area contributed by atoms with E-state index >= 15 is 0 Å². The van der Waals surface area contributed by atoms with Crippen molar-refractivity contribution < 1.29 is 9.84 Å². The highest BCUT2D eigenvalue weighted by atomic mass is 16.5. The third kappa shape index (κ3) is 2.93. The summed E-state index contributed by atoms with van der Waals surface area (Å²) < 4.78 is 5.56. The van der Waals surface area contributed by atoms with Crippen LogP contribution in [0.3, 0.4) is 0 Å². The lowest BCUT2D eigenvalue weighted by Gasteiger charge is -2.10. The van der Waals surface area contributed by atoms with Crippen molar-refractivity contribution in [2.45, 2.75) is 20.0 Å². The summed E-state index contributed by atoms with van der Waals surface area (Å²) in [4.78, 5) is 8.23. The molecule has 0 fully saturated rings. The quantitative estimate of drug-likeness (QED) is 0.880. The molecule has 17 heavy (non-hydrogen) atoms. The second-order valence-corrected chi connectivity index (χ2v) is 3.98. The van der Waals surface area contributed by atoms with Gasteiger partial charge in [0, 0.05) is 11.8 Å². The van der Waals surface area contributed by atoms with Crippen LogP contribution in [0.4, 0.5) is 0 Å². The smallest absolute Gasteiger partial charge is 0.138 e. The number of pyridine rings is 2. The molecule has 2 aromatic rings. The lowest BCUT2D eigenvalue weighted by atomic mass is 10.2. The fourth-order valence-corrected chi connectivity index (χ4v) is 1.45. The minimum atomic E-state index is 0.111. The van der Waals surface area contributed by atoms with Gasteiger partial charge >= 0.3 is 0 Å². The van der Waals surface area contributed by atoms with Gasteiger partial charge in [-0.3, -0.25) is 9.97 Å². The Bertz CT molecular complexity index is 495. The van der Waals surface area contributed by atoms with Crippen LogP contribution >= 0.6 is 0 Å². The summed E-state index contributed by atoms with van der Waals surface area (Å²) >= 11 is 0. The Morgan fingerprint density at radius 2 is 2.00 bits per heavy atom. The molecule has 0 aliphatic carbocycles. The molecule has 0 aliphatic rings. The highest BCUT2D eigenvalue weighted by molar-refractivity contribution is 5.59. The largest absolute Gasteiger partial charge is 0.506 e. The average molecular weight is 230 g/mol. The van der Waals surface area contributed by atoms with E-state index in [-0.39, 0.29) is 11.9 Å². The van der Waals surface area contributed by atoms with Crippen molar-refractivity contribution in [1.82, 2.24) is 9.97 Å². The fourth-order valence-electron chi connectivity index (χ4n) is 1.45. The molecular formula is C13H14N2O2. The summed E-state index contributed by atoms with van der Waals surface area (Å²) in [5.41, 5.74) is 1.62. The monoisotopic (exact) mass is 230 g/mol. The molecule has 4 nitrogen and oxygen atoms in total. The van der Waals surface area contributed by atoms with Crippen LogP contribution in [0, 0.1) is 0 Å². The van der Waals surface area contributed by atoms with Gasteiger partial charge in [0.2, 0.25) is 0 Å². The predicted octanol–water partition coefficient (Wildman–Crippen LogP) is 2.64. The van der Waals surface area contributed by atoms with Crippen LogP contribution in [0.5, 0.6) is 11.5 Å². The lowest BCUT2D eigenvalue weighted by molar-refractivity contribution is 0.241. The Balaban J connectivity index is 2.29. The summed E-state index contributed by atoms with van der Waals surface area (Å²) in [5.74, 6) is 0.865. The molecule has 0 aliphatic heterocycles. The van der Waals surface area contributed by atoms with Crippen LogP contribution in [-0.2, 0) is 0 Å². The van der Waals surface area contributed by atoms with Crippen molar-refractivity contribution in [2.75, 3.05) is 0 Å². The number of ether oxygens (including phenoxy) is 1. The molecular weight excluding hydrogens is 216 g/mol. The van der Waals surface area contributed by atoms with Gasteiger partial charge in [0.1, 0.15) is 11.5 Å². The molecule has 2 aromatic heterocycles. The molecule has 2 rings (SSSR count). The third-order valence-electron chi connectivity index (χ3n) is 2.13. The number of aromatic nitrogens is 2. The Morgan fingerprint density at radius 3 is 2.65 bits per heavy atom. The molecule has 0 amide bonds. The van der Waals surface area contributed by atoms with E-state index in [0.29, 0.717) is 5.75 Å². The van der Waals surface area contributed by atoms with E-state index in [4.69, 9.17) is 4.74 Å². The Kier molecular flexibility index (Phi) is 3.23. The maximum atomic E-state index is 9.17. The highest BCUT2D eigenvalue weighted by Crippen LogP contribution is 2.22. The number of hydrogen-bond acceptors (Lipinski definition) is 4. The first kappa shape index (κ1) is 11.4. The van der Waals surface area contributed by atoms with E-state index in [0.717, 1.165) is 11.3 Å². The highest BCUT2D eigenvalue weighted by Gasteiger charge is 2.03. The minimum absolute atomic E-state index is 0.111. The summed E-state index contributed by atoms with van der Waals surface area (Å²) in [6.45, 7) is 3.93. The second-order valence-electron chi connectivity index (χ2n) is 3.98. The van der Waals surface area contributed by atoms with Crippen molar-refractivity contribution in [3.8, 4) is 22.8 Å². The van der Waals surface area contributed by atoms with Gasteiger partial charge in [0.05, 0.1) is 24.2 Å². The van der Waals surface area contributed by atoms with E-state index in [1.807, 2.05) is 19.9 Å². The Morgan fingerprint density at radius 1 is 1.18 bits per heavy atom. The third-order valence-corrected chi connectivity index (χ3v) is 2.13. The zero-order valence-electron chi connectivity index (χ0n) is 9.79. The standard InChI is InChI=1S/C13H14N2O2/c1-9(2)17-12-5-10(6-14-8-12)13-4-3-11(16)7-15-13/h3-9,16H,1-2H3. The van der Waals surface area contributed by atoms with Gasteiger partial charge in [0.25, 0.3) is 0 Å². The predicted molar refractivity (Wildman–Crippen MR) is 64.9 cm³/mol. The molecule has 0 aromatic carbocycles. The van der Waals surface area contributed by atoms with Gasteiger partial charge in [-0.05, 0) is 32.0 Å². The zero-order valence-corrected chi connectivity index (χ0v) is 9.79. The van der Waals surface area contributed by atoms with Crippen LogP contribution < -0.4 is 4.74 Å². The number of aromatic hydroxyl groups is 1. The summed E-state index contributed by atoms with van der Waals surface area (Å²) in [5, 5.41) is 9.17. The first-order valence-electron chi connectivity index (χ1n) is 5.42. The first-order chi connectivity index (χ1) is 8.15. The normalized spacial score (nSPS) is 10.5. The van der Waals surface area contributed by atoms with Crippen LogP contribution in [-0.4, -0.2) is 21.2 Å². The molecule has 4 heteroatoms. The van der Waals surface area contributed by atoms with E-state index in [9.17, 15) is 5.11 Å². The molecule has 0 radical (unpaired) electrons. The van der Waals surface area contributed by atoms with E-state index in [2.05, 4.69) is 9.97 Å². The number of nitrogens with zero attached hydrogens (tertiary/aromatic N) is 2. The molecule has 1 N–H and O–H groups in total. The van der Waals surface area contributed by atoms with Gasteiger partial charge < -0.3 is 9.84 Å².